The lowest BCUT2D eigenvalue weighted by molar-refractivity contribution is 0.0490. The van der Waals surface area contributed by atoms with Crippen LogP contribution >= 0.6 is 0 Å². The van der Waals surface area contributed by atoms with Crippen molar-refractivity contribution in [1.82, 2.24) is 30.1 Å². The zero-order valence-electron chi connectivity index (χ0n) is 17.8. The van der Waals surface area contributed by atoms with Gasteiger partial charge in [0.25, 0.3) is 0 Å². The number of rotatable bonds is 4. The zero-order chi connectivity index (χ0) is 21.7. The number of alkyl carbamates (subject to hydrolysis) is 1. The normalized spacial score (nSPS) is 17.5. The molecular weight excluding hydrogens is 386 g/mol. The lowest BCUT2D eigenvalue weighted by Gasteiger charge is -2.40. The minimum Gasteiger partial charge on any atom is -0.444 e. The molecular formula is C20H29N7O3. The fraction of sp³-hybridized carbons (Fsp3) is 0.500. The number of urea groups is 1. The lowest BCUT2D eigenvalue weighted by atomic mass is 10.1. The molecule has 2 N–H and O–H groups in total. The van der Waals surface area contributed by atoms with E-state index in [4.69, 9.17) is 4.74 Å². The Kier molecular flexibility index (Phi) is 6.56. The number of benzene rings is 1. The van der Waals surface area contributed by atoms with Crippen LogP contribution in [0.25, 0.3) is 5.69 Å². The molecule has 162 valence electrons. The number of piperazine rings is 1. The van der Waals surface area contributed by atoms with E-state index in [0.29, 0.717) is 25.3 Å². The van der Waals surface area contributed by atoms with E-state index in [1.165, 1.54) is 0 Å². The van der Waals surface area contributed by atoms with Gasteiger partial charge in [0.2, 0.25) is 0 Å². The second-order valence-electron chi connectivity index (χ2n) is 8.32. The first-order chi connectivity index (χ1) is 14.2. The molecule has 30 heavy (non-hydrogen) atoms. The summed E-state index contributed by atoms with van der Waals surface area (Å²) in [5.41, 5.74) is 0.967. The van der Waals surface area contributed by atoms with E-state index in [2.05, 4.69) is 25.8 Å². The van der Waals surface area contributed by atoms with Gasteiger partial charge >= 0.3 is 12.1 Å². The summed E-state index contributed by atoms with van der Waals surface area (Å²) in [6.45, 7) is 7.76. The van der Waals surface area contributed by atoms with Crippen LogP contribution in [0, 0.1) is 0 Å². The Morgan fingerprint density at radius 3 is 2.57 bits per heavy atom. The predicted octanol–water partition coefficient (Wildman–Crippen LogP) is 1.94. The molecule has 3 rings (SSSR count). The fourth-order valence-corrected chi connectivity index (χ4v) is 3.21. The number of hydrogen-bond acceptors (Lipinski definition) is 6. The Morgan fingerprint density at radius 1 is 1.20 bits per heavy atom. The summed E-state index contributed by atoms with van der Waals surface area (Å²) < 4.78 is 6.94. The average molecular weight is 415 g/mol. The van der Waals surface area contributed by atoms with Gasteiger partial charge in [0.05, 0.1) is 24.1 Å². The molecule has 10 heteroatoms. The van der Waals surface area contributed by atoms with Crippen LogP contribution in [0.15, 0.2) is 36.7 Å². The standard InChI is InChI=1S/C20H29N7O3/c1-20(2,3)30-19(29)21-13-17-14-25(4)11-12-26(17)18(28)23-15-5-7-16(8-6-15)27-10-9-22-24-27/h5-10,17H,11-14H2,1-4H3,(H,21,29)(H,23,28)/t17-/m1/s1. The number of amides is 3. The number of ether oxygens (including phenoxy) is 1. The molecule has 0 aliphatic carbocycles. The summed E-state index contributed by atoms with van der Waals surface area (Å²) in [6, 6.07) is 6.99. The second kappa shape index (κ2) is 9.12. The number of aromatic nitrogens is 3. The van der Waals surface area contributed by atoms with Gasteiger partial charge < -0.3 is 25.2 Å². The maximum absolute atomic E-state index is 12.9. The topological polar surface area (TPSA) is 105 Å². The number of nitrogens with one attached hydrogen (secondary N) is 2. The summed E-state index contributed by atoms with van der Waals surface area (Å²) in [5.74, 6) is 0. The first-order valence-electron chi connectivity index (χ1n) is 9.91. The highest BCUT2D eigenvalue weighted by atomic mass is 16.6. The van der Waals surface area contributed by atoms with Gasteiger partial charge in [-0.3, -0.25) is 0 Å². The third-order valence-electron chi connectivity index (χ3n) is 4.63. The molecule has 3 amide bonds. The van der Waals surface area contributed by atoms with Crippen LogP contribution in [0.2, 0.25) is 0 Å². The maximum Gasteiger partial charge on any atom is 0.407 e. The summed E-state index contributed by atoms with van der Waals surface area (Å²) >= 11 is 0. The minimum absolute atomic E-state index is 0.161. The molecule has 0 radical (unpaired) electrons. The largest absolute Gasteiger partial charge is 0.444 e. The van der Waals surface area contributed by atoms with Crippen LogP contribution in [0.1, 0.15) is 20.8 Å². The number of likely N-dealkylation sites (N-methyl/N-ethyl adjacent to an activating group) is 1. The monoisotopic (exact) mass is 415 g/mol. The van der Waals surface area contributed by atoms with Crippen LogP contribution in [0.3, 0.4) is 0 Å². The number of carbonyl (C=O) groups is 2. The molecule has 1 aromatic carbocycles. The van der Waals surface area contributed by atoms with Crippen molar-refractivity contribution in [1.29, 1.82) is 0 Å². The molecule has 0 unspecified atom stereocenters. The number of nitrogens with zero attached hydrogens (tertiary/aromatic N) is 5. The molecule has 10 nitrogen and oxygen atoms in total. The van der Waals surface area contributed by atoms with Crippen molar-refractivity contribution >= 4 is 17.8 Å². The van der Waals surface area contributed by atoms with Gasteiger partial charge in [0, 0.05) is 31.9 Å². The molecule has 0 saturated carbocycles. The van der Waals surface area contributed by atoms with E-state index in [-0.39, 0.29) is 12.1 Å². The number of hydrogen-bond donors (Lipinski definition) is 2. The van der Waals surface area contributed by atoms with Crippen molar-refractivity contribution in [2.24, 2.45) is 0 Å². The molecule has 1 aliphatic rings. The van der Waals surface area contributed by atoms with E-state index >= 15 is 0 Å². The van der Waals surface area contributed by atoms with E-state index in [1.807, 2.05) is 52.1 Å². The number of anilines is 1. The van der Waals surface area contributed by atoms with Crippen LogP contribution in [-0.2, 0) is 4.74 Å². The first kappa shape index (κ1) is 21.6. The highest BCUT2D eigenvalue weighted by molar-refractivity contribution is 5.89. The van der Waals surface area contributed by atoms with Gasteiger partial charge in [-0.15, -0.1) is 5.10 Å². The van der Waals surface area contributed by atoms with Gasteiger partial charge in [0.15, 0.2) is 0 Å². The molecule has 1 aromatic heterocycles. The van der Waals surface area contributed by atoms with E-state index < -0.39 is 11.7 Å². The average Bonchev–Trinajstić information content (AvgIpc) is 3.20. The highest BCUT2D eigenvalue weighted by Gasteiger charge is 2.30. The smallest absolute Gasteiger partial charge is 0.407 e. The summed E-state index contributed by atoms with van der Waals surface area (Å²) in [6.07, 6.45) is 2.87. The minimum atomic E-state index is -0.567. The predicted molar refractivity (Wildman–Crippen MR) is 113 cm³/mol. The van der Waals surface area contributed by atoms with Crippen molar-refractivity contribution in [3.8, 4) is 5.69 Å². The quantitative estimate of drug-likeness (QED) is 0.791. The van der Waals surface area contributed by atoms with Gasteiger partial charge in [-0.2, -0.15) is 0 Å². The van der Waals surface area contributed by atoms with Gasteiger partial charge in [0.1, 0.15) is 5.60 Å². The van der Waals surface area contributed by atoms with Crippen LogP contribution in [0.4, 0.5) is 15.3 Å². The molecule has 1 atom stereocenters. The molecule has 2 aromatic rings. The Labute approximate surface area is 176 Å². The molecule has 1 fully saturated rings. The van der Waals surface area contributed by atoms with Crippen molar-refractivity contribution in [3.63, 3.8) is 0 Å². The third kappa shape index (κ3) is 5.93. The Bertz CT molecular complexity index is 846. The molecule has 0 spiro atoms. The first-order valence-corrected chi connectivity index (χ1v) is 9.91. The number of carbonyl (C=O) groups excluding carboxylic acids is 2. The van der Waals surface area contributed by atoms with Crippen molar-refractivity contribution in [2.45, 2.75) is 32.4 Å². The maximum atomic E-state index is 12.9. The second-order valence-corrected chi connectivity index (χ2v) is 8.32. The van der Waals surface area contributed by atoms with Gasteiger partial charge in [-0.25, -0.2) is 14.3 Å². The van der Waals surface area contributed by atoms with E-state index in [9.17, 15) is 9.59 Å². The van der Waals surface area contributed by atoms with Crippen molar-refractivity contribution in [3.05, 3.63) is 36.7 Å². The van der Waals surface area contributed by atoms with Crippen LogP contribution in [-0.4, -0.2) is 81.8 Å². The van der Waals surface area contributed by atoms with Crippen LogP contribution < -0.4 is 10.6 Å². The third-order valence-corrected chi connectivity index (χ3v) is 4.63. The van der Waals surface area contributed by atoms with E-state index in [0.717, 1.165) is 12.2 Å². The molecule has 1 aliphatic heterocycles. The van der Waals surface area contributed by atoms with Crippen molar-refractivity contribution in [2.75, 3.05) is 38.5 Å². The van der Waals surface area contributed by atoms with Gasteiger partial charge in [-0.1, -0.05) is 5.21 Å². The summed E-state index contributed by atoms with van der Waals surface area (Å²) in [7, 11) is 2.00. The van der Waals surface area contributed by atoms with E-state index in [1.54, 1.807) is 22.0 Å². The molecule has 2 heterocycles. The molecule has 1 saturated heterocycles. The Hall–Kier alpha value is -3.14. The summed E-state index contributed by atoms with van der Waals surface area (Å²) in [5, 5.41) is 13.4. The SMILES string of the molecule is CN1CCN(C(=O)Nc2ccc(-n3ccnn3)cc2)[C@H](CNC(=O)OC(C)(C)C)C1. The zero-order valence-corrected chi connectivity index (χ0v) is 17.8. The Morgan fingerprint density at radius 2 is 1.93 bits per heavy atom. The highest BCUT2D eigenvalue weighted by Crippen LogP contribution is 2.15. The lowest BCUT2D eigenvalue weighted by Crippen LogP contribution is -2.58. The molecule has 0 bridgehead atoms. The van der Waals surface area contributed by atoms with Gasteiger partial charge in [-0.05, 0) is 52.1 Å². The van der Waals surface area contributed by atoms with Crippen LogP contribution in [0.5, 0.6) is 0 Å². The van der Waals surface area contributed by atoms with Crippen molar-refractivity contribution < 1.29 is 14.3 Å². The Balaban J connectivity index is 1.60. The summed E-state index contributed by atoms with van der Waals surface area (Å²) in [4.78, 5) is 28.8. The fourth-order valence-electron chi connectivity index (χ4n) is 3.21.